The maximum absolute atomic E-state index is 14.1. The zero-order valence-electron chi connectivity index (χ0n) is 45.1. The van der Waals surface area contributed by atoms with Gasteiger partial charge in [0.25, 0.3) is 0 Å². The zero-order chi connectivity index (χ0) is 54.7. The molecule has 8 rings (SSSR count). The van der Waals surface area contributed by atoms with E-state index in [0.717, 1.165) is 95.9 Å². The van der Waals surface area contributed by atoms with Crippen LogP contribution < -0.4 is 26.6 Å². The number of piperidine rings is 1. The molecule has 0 bridgehead atoms. The van der Waals surface area contributed by atoms with Crippen molar-refractivity contribution < 1.29 is 29.1 Å². The Kier molecular flexibility index (Phi) is 19.4. The molecule has 0 spiro atoms. The fourth-order valence-corrected chi connectivity index (χ4v) is 11.7. The minimum absolute atomic E-state index is 0.0179. The number of thiazole rings is 1. The SMILES string of the molecule is Cc1ncsc1-c1ccc(CNC(=O)[C@@H]2C[C@@H](O)CN2C(=O)C(NC(=O)CCCCCCCCC(=O)N2CCN(CCC(NC(=O)C3(N)CCN(c4ncnc5[nH]ccc45)CC3)c3ccc(Cl)cc3)CC2)C(C)(C)C)cc1. The molecule has 5 amide bonds. The number of rotatable bonds is 22. The average molecular weight is 1090 g/mol. The van der Waals surface area contributed by atoms with E-state index in [9.17, 15) is 29.1 Å². The molecule has 3 aliphatic heterocycles. The second-order valence-corrected chi connectivity index (χ2v) is 23.5. The lowest BCUT2D eigenvalue weighted by Gasteiger charge is -2.39. The number of aliphatic hydroxyl groups excluding tert-OH is 1. The monoisotopic (exact) mass is 1090 g/mol. The van der Waals surface area contributed by atoms with Crippen LogP contribution >= 0.6 is 22.9 Å². The summed E-state index contributed by atoms with van der Waals surface area (Å²) < 4.78 is 0. The smallest absolute Gasteiger partial charge is 0.246 e. The number of hydrogen-bond donors (Lipinski definition) is 6. The highest BCUT2D eigenvalue weighted by atomic mass is 35.5. The van der Waals surface area contributed by atoms with Gasteiger partial charge in [-0.3, -0.25) is 28.9 Å². The Hall–Kier alpha value is -5.99. The van der Waals surface area contributed by atoms with Crippen LogP contribution in [-0.4, -0.2) is 145 Å². The summed E-state index contributed by atoms with van der Waals surface area (Å²) in [5.41, 5.74) is 11.7. The molecule has 20 heteroatoms. The van der Waals surface area contributed by atoms with Crippen LogP contribution in [0.1, 0.15) is 121 Å². The molecule has 77 heavy (non-hydrogen) atoms. The minimum Gasteiger partial charge on any atom is -0.391 e. The number of nitrogens with two attached hydrogens (primary N) is 1. The van der Waals surface area contributed by atoms with Crippen molar-refractivity contribution in [2.24, 2.45) is 11.1 Å². The highest BCUT2D eigenvalue weighted by Gasteiger charge is 2.45. The topological polar surface area (TPSA) is 235 Å². The number of aromatic amines is 1. The molecule has 2 unspecified atom stereocenters. The van der Waals surface area contributed by atoms with Gasteiger partial charge in [0.2, 0.25) is 29.5 Å². The van der Waals surface area contributed by atoms with Crippen molar-refractivity contribution in [3.8, 4) is 10.4 Å². The first-order valence-corrected chi connectivity index (χ1v) is 28.6. The quantitative estimate of drug-likeness (QED) is 0.0400. The number of nitrogens with zero attached hydrogens (tertiary/aromatic N) is 7. The highest BCUT2D eigenvalue weighted by Crippen LogP contribution is 2.32. The number of likely N-dealkylation sites (tertiary alicyclic amines) is 1. The Balaban J connectivity index is 0.702. The molecule has 3 saturated heterocycles. The number of amides is 5. The van der Waals surface area contributed by atoms with E-state index in [4.69, 9.17) is 17.3 Å². The third-order valence-electron chi connectivity index (χ3n) is 15.5. The predicted molar refractivity (Wildman–Crippen MR) is 301 cm³/mol. The van der Waals surface area contributed by atoms with Crippen LogP contribution in [0.4, 0.5) is 5.82 Å². The number of nitrogens with one attached hydrogen (secondary N) is 4. The summed E-state index contributed by atoms with van der Waals surface area (Å²) in [6, 6.07) is 15.5. The van der Waals surface area contributed by atoms with Gasteiger partial charge in [0.15, 0.2) is 0 Å². The van der Waals surface area contributed by atoms with Gasteiger partial charge in [-0.2, -0.15) is 0 Å². The summed E-state index contributed by atoms with van der Waals surface area (Å²) in [4.78, 5) is 93.4. The van der Waals surface area contributed by atoms with E-state index < -0.39 is 29.1 Å². The Morgan fingerprint density at radius 2 is 1.56 bits per heavy atom. The van der Waals surface area contributed by atoms with E-state index in [1.807, 2.05) is 98.9 Å². The lowest BCUT2D eigenvalue weighted by molar-refractivity contribution is -0.144. The number of halogens is 1. The molecule has 2 aromatic carbocycles. The average Bonchev–Trinajstić information content (AvgIpc) is 4.22. The molecule has 6 heterocycles. The Bertz CT molecular complexity index is 2780. The first-order chi connectivity index (χ1) is 37.0. The lowest BCUT2D eigenvalue weighted by atomic mass is 9.85. The van der Waals surface area contributed by atoms with Gasteiger partial charge in [-0.05, 0) is 79.3 Å². The van der Waals surface area contributed by atoms with Gasteiger partial charge in [0.1, 0.15) is 29.9 Å². The van der Waals surface area contributed by atoms with Gasteiger partial charge in [0.05, 0.1) is 39.2 Å². The molecule has 5 aromatic rings. The molecule has 18 nitrogen and oxygen atoms in total. The fraction of sp³-hybridized carbons (Fsp3) is 0.544. The number of carbonyl (C=O) groups excluding carboxylic acids is 5. The maximum atomic E-state index is 14.1. The summed E-state index contributed by atoms with van der Waals surface area (Å²) in [5, 5.41) is 21.4. The van der Waals surface area contributed by atoms with Crippen LogP contribution in [-0.2, 0) is 30.5 Å². The van der Waals surface area contributed by atoms with E-state index in [1.165, 1.54) is 4.90 Å². The van der Waals surface area contributed by atoms with Gasteiger partial charge in [0, 0.05) is 89.4 Å². The van der Waals surface area contributed by atoms with Crippen molar-refractivity contribution in [3.63, 3.8) is 0 Å². The fourth-order valence-electron chi connectivity index (χ4n) is 10.7. The predicted octanol–water partition coefficient (Wildman–Crippen LogP) is 6.66. The Morgan fingerprint density at radius 3 is 2.23 bits per heavy atom. The summed E-state index contributed by atoms with van der Waals surface area (Å²) in [5.74, 6) is -0.0952. The minimum atomic E-state index is -1.02. The van der Waals surface area contributed by atoms with Crippen LogP contribution in [0.25, 0.3) is 21.5 Å². The van der Waals surface area contributed by atoms with Gasteiger partial charge in [-0.15, -0.1) is 11.3 Å². The van der Waals surface area contributed by atoms with E-state index in [2.05, 4.69) is 45.7 Å². The van der Waals surface area contributed by atoms with E-state index in [-0.39, 0.29) is 61.5 Å². The molecule has 3 aromatic heterocycles. The largest absolute Gasteiger partial charge is 0.391 e. The molecule has 414 valence electrons. The summed E-state index contributed by atoms with van der Waals surface area (Å²) in [6.07, 6.45) is 10.2. The number of β-amino-alcohol motifs (C(OH)–C–C–N with tert-alkyl or cyclic N) is 1. The number of anilines is 1. The Morgan fingerprint density at radius 1 is 0.870 bits per heavy atom. The number of fused-ring (bicyclic) bond motifs is 1. The van der Waals surface area contributed by atoms with Crippen molar-refractivity contribution in [1.29, 1.82) is 0 Å². The molecular formula is C57H77ClN12O6S. The van der Waals surface area contributed by atoms with Crippen molar-refractivity contribution in [3.05, 3.63) is 94.5 Å². The summed E-state index contributed by atoms with van der Waals surface area (Å²) in [6.45, 7) is 12.7. The maximum Gasteiger partial charge on any atom is 0.246 e. The number of aryl methyl sites for hydroxylation is 1. The third-order valence-corrected chi connectivity index (χ3v) is 16.8. The third kappa shape index (κ3) is 15.0. The molecule has 0 aliphatic carbocycles. The molecule has 4 atom stereocenters. The molecule has 0 radical (unpaired) electrons. The van der Waals surface area contributed by atoms with Gasteiger partial charge in [-0.25, -0.2) is 15.0 Å². The summed E-state index contributed by atoms with van der Waals surface area (Å²) >= 11 is 7.84. The number of aliphatic hydroxyl groups is 1. The summed E-state index contributed by atoms with van der Waals surface area (Å²) in [7, 11) is 0. The number of H-pyrrole nitrogens is 1. The highest BCUT2D eigenvalue weighted by molar-refractivity contribution is 7.13. The van der Waals surface area contributed by atoms with Gasteiger partial charge < -0.3 is 46.5 Å². The lowest BCUT2D eigenvalue weighted by Crippen LogP contribution is -2.60. The van der Waals surface area contributed by atoms with Crippen LogP contribution in [0.15, 0.2) is 72.6 Å². The molecular weight excluding hydrogens is 1020 g/mol. The number of hydrogen-bond acceptors (Lipinski definition) is 13. The van der Waals surface area contributed by atoms with Gasteiger partial charge >= 0.3 is 0 Å². The normalized spacial score (nSPS) is 18.8. The number of piperazine rings is 1. The molecule has 3 aliphatic rings. The van der Waals surface area contributed by atoms with Crippen LogP contribution in [0, 0.1) is 12.3 Å². The van der Waals surface area contributed by atoms with Crippen LogP contribution in [0.3, 0.4) is 0 Å². The van der Waals surface area contributed by atoms with E-state index >= 15 is 0 Å². The number of unbranched alkanes of at least 4 members (excludes halogenated alkanes) is 5. The zero-order valence-corrected chi connectivity index (χ0v) is 46.6. The first-order valence-electron chi connectivity index (χ1n) is 27.4. The van der Waals surface area contributed by atoms with E-state index in [0.29, 0.717) is 63.3 Å². The molecule has 3 fully saturated rings. The van der Waals surface area contributed by atoms with Gasteiger partial charge in [-0.1, -0.05) is 94.5 Å². The number of aromatic nitrogens is 4. The second-order valence-electron chi connectivity index (χ2n) is 22.2. The number of benzene rings is 2. The Labute approximate surface area is 461 Å². The van der Waals surface area contributed by atoms with Crippen molar-refractivity contribution >= 4 is 69.3 Å². The van der Waals surface area contributed by atoms with Crippen molar-refractivity contribution in [2.45, 2.75) is 141 Å². The standard InChI is InChI=1S/C57H77ClN12O6S/c1-38-49(77-37-64-38)41-15-13-39(14-16-41)34-61-53(74)46-33-43(71)35-70(46)54(75)50(56(2,3)4)66-47(72)11-9-7-5-6-8-10-12-48(73)68-31-29-67(30-32-68)26-22-45(40-17-19-42(58)20-18-40)65-55(76)57(59)23-27-69(28-24-57)52-44-21-25-60-51(44)62-36-63-52/h13-21,25,36-37,43,45-46,50,71H,5-12,22-24,26-35,59H2,1-4H3,(H,61,74)(H,65,76)(H,66,72)(H,60,62,63)/t43-,45?,46+,50?/m1/s1. The molecule has 7 N–H and O–H groups in total. The van der Waals surface area contributed by atoms with Crippen LogP contribution in [0.5, 0.6) is 0 Å². The second kappa shape index (κ2) is 26.1. The van der Waals surface area contributed by atoms with E-state index in [1.54, 1.807) is 17.7 Å². The number of carbonyl (C=O) groups is 5. The molecule has 0 saturated carbocycles. The van der Waals surface area contributed by atoms with Crippen molar-refractivity contribution in [1.82, 2.24) is 50.6 Å². The van der Waals surface area contributed by atoms with Crippen LogP contribution in [0.2, 0.25) is 5.02 Å². The van der Waals surface area contributed by atoms with Crippen molar-refractivity contribution in [2.75, 3.05) is 57.3 Å². The first kappa shape index (κ1) is 57.2.